The number of sulfonamides is 1. The molecule has 0 saturated carbocycles. The fourth-order valence-electron chi connectivity index (χ4n) is 3.10. The number of pyridine rings is 2. The summed E-state index contributed by atoms with van der Waals surface area (Å²) in [6.07, 6.45) is 1.22. The molecule has 0 aliphatic carbocycles. The minimum Gasteiger partial charge on any atom is -0.494 e. The van der Waals surface area contributed by atoms with Gasteiger partial charge in [0.1, 0.15) is 10.0 Å². The van der Waals surface area contributed by atoms with Crippen LogP contribution in [0.1, 0.15) is 0 Å². The number of carbonyl (C=O) groups excluding carboxylic acids is 1. The van der Waals surface area contributed by atoms with Gasteiger partial charge in [-0.25, -0.2) is 27.5 Å². The van der Waals surface area contributed by atoms with Crippen molar-refractivity contribution < 1.29 is 18.3 Å². The van der Waals surface area contributed by atoms with Gasteiger partial charge in [0, 0.05) is 28.7 Å². The van der Waals surface area contributed by atoms with Gasteiger partial charge in [-0.1, -0.05) is 11.6 Å². The number of aromatic hydroxyl groups is 1. The van der Waals surface area contributed by atoms with Gasteiger partial charge < -0.3 is 15.7 Å². The van der Waals surface area contributed by atoms with Crippen molar-refractivity contribution in [2.45, 2.75) is 4.21 Å². The van der Waals surface area contributed by atoms with Crippen LogP contribution >= 0.6 is 38.9 Å². The van der Waals surface area contributed by atoms with Crippen molar-refractivity contribution in [1.29, 1.82) is 0 Å². The molecule has 4 N–H and O–H groups in total. The molecular formula is C20H15BrClN5O5S2. The molecule has 0 spiro atoms. The maximum atomic E-state index is 12.7. The zero-order valence-electron chi connectivity index (χ0n) is 17.2. The number of aromatic nitrogens is 2. The van der Waals surface area contributed by atoms with Gasteiger partial charge in [-0.15, -0.1) is 11.3 Å². The summed E-state index contributed by atoms with van der Waals surface area (Å²) in [6, 6.07) is 9.26. The average Bonchev–Trinajstić information content (AvgIpc) is 3.22. The topological polar surface area (TPSA) is 142 Å². The zero-order valence-corrected chi connectivity index (χ0v) is 21.1. The molecule has 0 aliphatic heterocycles. The highest BCUT2D eigenvalue weighted by Gasteiger charge is 2.20. The van der Waals surface area contributed by atoms with E-state index in [2.05, 4.69) is 31.5 Å². The van der Waals surface area contributed by atoms with Gasteiger partial charge in [0.25, 0.3) is 15.6 Å². The van der Waals surface area contributed by atoms with E-state index in [4.69, 9.17) is 11.6 Å². The molecule has 14 heteroatoms. The highest BCUT2D eigenvalue weighted by molar-refractivity contribution is 9.10. The van der Waals surface area contributed by atoms with Crippen molar-refractivity contribution in [3.05, 3.63) is 67.8 Å². The van der Waals surface area contributed by atoms with E-state index in [0.29, 0.717) is 15.2 Å². The number of amides is 2. The first-order valence-electron chi connectivity index (χ1n) is 9.40. The Morgan fingerprint density at radius 3 is 2.59 bits per heavy atom. The maximum Gasteiger partial charge on any atom is 0.333 e. The van der Waals surface area contributed by atoms with Gasteiger partial charge in [-0.3, -0.25) is 4.79 Å². The van der Waals surface area contributed by atoms with Crippen LogP contribution in [-0.2, 0) is 10.0 Å². The molecule has 0 fully saturated rings. The average molecular weight is 585 g/mol. The number of anilines is 2. The van der Waals surface area contributed by atoms with Gasteiger partial charge in [-0.05, 0) is 57.7 Å². The largest absolute Gasteiger partial charge is 0.494 e. The molecule has 176 valence electrons. The first-order chi connectivity index (χ1) is 16.1. The van der Waals surface area contributed by atoms with Crippen LogP contribution in [0.2, 0.25) is 4.34 Å². The summed E-state index contributed by atoms with van der Waals surface area (Å²) in [5, 5.41) is 17.0. The van der Waals surface area contributed by atoms with E-state index in [1.54, 1.807) is 19.2 Å². The summed E-state index contributed by atoms with van der Waals surface area (Å²) in [4.78, 5) is 28.9. The molecule has 10 nitrogen and oxygen atoms in total. The minimum atomic E-state index is -4.09. The van der Waals surface area contributed by atoms with Crippen LogP contribution in [0.3, 0.4) is 0 Å². The van der Waals surface area contributed by atoms with Gasteiger partial charge in [0.15, 0.2) is 0 Å². The lowest BCUT2D eigenvalue weighted by Gasteiger charge is -2.13. The number of carbonyl (C=O) groups is 1. The number of hydrogen-bond donors (Lipinski definition) is 4. The third kappa shape index (κ3) is 4.73. The molecule has 3 heterocycles. The third-order valence-corrected chi connectivity index (χ3v) is 8.35. The minimum absolute atomic E-state index is 0.102. The Kier molecular flexibility index (Phi) is 6.53. The number of urea groups is 1. The molecule has 3 aromatic heterocycles. The molecule has 0 saturated heterocycles. The summed E-state index contributed by atoms with van der Waals surface area (Å²) < 4.78 is 28.2. The van der Waals surface area contributed by atoms with Gasteiger partial charge in [0.05, 0.1) is 16.2 Å². The van der Waals surface area contributed by atoms with Crippen molar-refractivity contribution in [3.63, 3.8) is 0 Å². The zero-order chi connectivity index (χ0) is 24.6. The molecule has 4 rings (SSSR count). The van der Waals surface area contributed by atoms with E-state index < -0.39 is 21.6 Å². The third-order valence-electron chi connectivity index (χ3n) is 4.64. The van der Waals surface area contributed by atoms with Crippen LogP contribution in [-0.4, -0.2) is 36.2 Å². The molecule has 4 aromatic rings. The van der Waals surface area contributed by atoms with Crippen LogP contribution in [0.25, 0.3) is 16.6 Å². The monoisotopic (exact) mass is 583 g/mol. The van der Waals surface area contributed by atoms with Gasteiger partial charge >= 0.3 is 6.03 Å². The molecule has 2 amide bonds. The Labute approximate surface area is 210 Å². The number of halogens is 2. The van der Waals surface area contributed by atoms with Crippen molar-refractivity contribution in [3.8, 4) is 11.7 Å². The van der Waals surface area contributed by atoms with Crippen LogP contribution in [0, 0.1) is 0 Å². The molecule has 0 bridgehead atoms. The van der Waals surface area contributed by atoms with E-state index in [-0.39, 0.29) is 25.9 Å². The van der Waals surface area contributed by atoms with E-state index in [1.807, 2.05) is 4.72 Å². The molecular weight excluding hydrogens is 570 g/mol. The van der Waals surface area contributed by atoms with Crippen molar-refractivity contribution in [1.82, 2.24) is 14.3 Å². The van der Waals surface area contributed by atoms with E-state index in [1.165, 1.54) is 36.5 Å². The molecule has 0 radical (unpaired) electrons. The summed E-state index contributed by atoms with van der Waals surface area (Å²) in [7, 11) is -2.35. The summed E-state index contributed by atoms with van der Waals surface area (Å²) in [6.45, 7) is 0. The SMILES string of the molecule is CNc1cc2cc(=O)n(-c3ccc(NC(=O)NS(=O)(=O)c4ccc(Cl)s4)cn3)c(O)c2cc1Br. The van der Waals surface area contributed by atoms with E-state index >= 15 is 0 Å². The standard InChI is InChI=1S/C20H15BrClN5O5S2/c1-23-14-6-10-7-17(28)27(19(29)12(10)8-13(14)21)16-4-2-11(9-24-16)25-20(30)26-34(31,32)18-5-3-15(22)33-18/h2-9,23,29H,1H3,(H2,25,26,30). The summed E-state index contributed by atoms with van der Waals surface area (Å²) in [5.74, 6) is -0.206. The second-order valence-electron chi connectivity index (χ2n) is 6.83. The fourth-order valence-corrected chi connectivity index (χ4v) is 6.03. The highest BCUT2D eigenvalue weighted by atomic mass is 79.9. The summed E-state index contributed by atoms with van der Waals surface area (Å²) >= 11 is 9.96. The lowest BCUT2D eigenvalue weighted by atomic mass is 10.1. The molecule has 0 unspecified atom stereocenters. The first-order valence-corrected chi connectivity index (χ1v) is 12.9. The Balaban J connectivity index is 1.58. The quantitative estimate of drug-likeness (QED) is 0.276. The first kappa shape index (κ1) is 24.0. The van der Waals surface area contributed by atoms with Gasteiger partial charge in [0.2, 0.25) is 5.88 Å². The number of rotatable bonds is 5. The molecule has 0 atom stereocenters. The maximum absolute atomic E-state index is 12.7. The van der Waals surface area contributed by atoms with Gasteiger partial charge in [-0.2, -0.15) is 0 Å². The number of thiophene rings is 1. The lowest BCUT2D eigenvalue weighted by molar-refractivity contribution is 0.256. The van der Waals surface area contributed by atoms with Crippen molar-refractivity contribution >= 4 is 77.1 Å². The number of nitrogens with zero attached hydrogens (tertiary/aromatic N) is 2. The van der Waals surface area contributed by atoms with Crippen LogP contribution in [0.15, 0.2) is 62.1 Å². The second kappa shape index (κ2) is 9.25. The van der Waals surface area contributed by atoms with E-state index in [0.717, 1.165) is 21.6 Å². The summed E-state index contributed by atoms with van der Waals surface area (Å²) in [5.41, 5.74) is 0.400. The predicted octanol–water partition coefficient (Wildman–Crippen LogP) is 4.12. The Hall–Kier alpha value is -3.13. The molecule has 34 heavy (non-hydrogen) atoms. The Morgan fingerprint density at radius 1 is 1.21 bits per heavy atom. The normalized spacial score (nSPS) is 11.4. The smallest absolute Gasteiger partial charge is 0.333 e. The number of nitrogens with one attached hydrogen (secondary N) is 3. The van der Waals surface area contributed by atoms with Crippen LogP contribution in [0.5, 0.6) is 5.88 Å². The second-order valence-corrected chi connectivity index (χ2v) is 11.3. The van der Waals surface area contributed by atoms with E-state index in [9.17, 15) is 23.1 Å². The number of fused-ring (bicyclic) bond motifs is 1. The van der Waals surface area contributed by atoms with Crippen LogP contribution < -0.4 is 20.9 Å². The lowest BCUT2D eigenvalue weighted by Crippen LogP contribution is -2.34. The fraction of sp³-hybridized carbons (Fsp3) is 0.0500. The van der Waals surface area contributed by atoms with Crippen LogP contribution in [0.4, 0.5) is 16.2 Å². The Bertz CT molecular complexity index is 1590. The predicted molar refractivity (Wildman–Crippen MR) is 135 cm³/mol. The highest BCUT2D eigenvalue weighted by Crippen LogP contribution is 2.32. The molecule has 0 aliphatic rings. The number of hydrogen-bond acceptors (Lipinski definition) is 8. The number of benzene rings is 1. The Morgan fingerprint density at radius 2 is 1.97 bits per heavy atom. The van der Waals surface area contributed by atoms with Crippen molar-refractivity contribution in [2.75, 3.05) is 17.7 Å². The molecule has 1 aromatic carbocycles. The van der Waals surface area contributed by atoms with Crippen molar-refractivity contribution in [2.24, 2.45) is 0 Å².